The molecule has 1 aromatic rings. The molecule has 3 nitrogen and oxygen atoms in total. The lowest BCUT2D eigenvalue weighted by molar-refractivity contribution is 0.0786. The third kappa shape index (κ3) is 3.64. The number of aromatic nitrogens is 1. The van der Waals surface area contributed by atoms with Gasteiger partial charge in [-0.3, -0.25) is 9.88 Å². The second kappa shape index (κ2) is 6.45. The van der Waals surface area contributed by atoms with Crippen molar-refractivity contribution in [3.05, 3.63) is 29.6 Å². The van der Waals surface area contributed by atoms with Gasteiger partial charge in [0.2, 0.25) is 0 Å². The van der Waals surface area contributed by atoms with Crippen molar-refractivity contribution in [1.82, 2.24) is 15.2 Å². The summed E-state index contributed by atoms with van der Waals surface area (Å²) in [7, 11) is 0. The third-order valence-electron chi connectivity index (χ3n) is 5.30. The predicted octanol–water partition coefficient (Wildman–Crippen LogP) is 2.99. The highest BCUT2D eigenvalue weighted by atomic mass is 15.2. The van der Waals surface area contributed by atoms with Crippen LogP contribution in [-0.4, -0.2) is 35.1 Å². The fraction of sp³-hybridized carbons (Fsp3) is 0.722. The van der Waals surface area contributed by atoms with E-state index in [9.17, 15) is 0 Å². The maximum Gasteiger partial charge on any atom is 0.0313 e. The Kier molecular flexibility index (Phi) is 4.60. The number of rotatable bonds is 5. The average Bonchev–Trinajstić information content (AvgIpc) is 3.31. The van der Waals surface area contributed by atoms with Crippen molar-refractivity contribution in [1.29, 1.82) is 0 Å². The van der Waals surface area contributed by atoms with Crippen LogP contribution < -0.4 is 5.32 Å². The standard InChI is InChI=1S/C18H29N3/c1-4-14(3)18-10-20-17(16-5-6-16)12-21(18)11-15-7-13(2)8-19-9-15/h7-9,14,16-18,20H,4-6,10-12H2,1-3H3. The summed E-state index contributed by atoms with van der Waals surface area (Å²) in [4.78, 5) is 7.08. The Morgan fingerprint density at radius 3 is 2.86 bits per heavy atom. The topological polar surface area (TPSA) is 28.2 Å². The van der Waals surface area contributed by atoms with E-state index >= 15 is 0 Å². The van der Waals surface area contributed by atoms with Crippen molar-refractivity contribution in [2.24, 2.45) is 11.8 Å². The Morgan fingerprint density at radius 1 is 1.38 bits per heavy atom. The largest absolute Gasteiger partial charge is 0.311 e. The van der Waals surface area contributed by atoms with Gasteiger partial charge in [0.1, 0.15) is 0 Å². The van der Waals surface area contributed by atoms with Gasteiger partial charge >= 0.3 is 0 Å². The Morgan fingerprint density at radius 2 is 2.19 bits per heavy atom. The van der Waals surface area contributed by atoms with Crippen molar-refractivity contribution >= 4 is 0 Å². The first kappa shape index (κ1) is 15.0. The minimum Gasteiger partial charge on any atom is -0.311 e. The van der Waals surface area contributed by atoms with Gasteiger partial charge in [-0.1, -0.05) is 26.3 Å². The summed E-state index contributed by atoms with van der Waals surface area (Å²) in [5.41, 5.74) is 2.63. The molecule has 2 fully saturated rings. The fourth-order valence-electron chi connectivity index (χ4n) is 3.62. The van der Waals surface area contributed by atoms with Crippen LogP contribution in [0.1, 0.15) is 44.2 Å². The summed E-state index contributed by atoms with van der Waals surface area (Å²) < 4.78 is 0. The quantitative estimate of drug-likeness (QED) is 0.902. The van der Waals surface area contributed by atoms with Gasteiger partial charge in [0.15, 0.2) is 0 Å². The molecular weight excluding hydrogens is 258 g/mol. The molecule has 1 aromatic heterocycles. The zero-order valence-corrected chi connectivity index (χ0v) is 13.7. The van der Waals surface area contributed by atoms with Gasteiger partial charge in [0.25, 0.3) is 0 Å². The average molecular weight is 287 g/mol. The Hall–Kier alpha value is -0.930. The van der Waals surface area contributed by atoms with Crippen LogP contribution >= 0.6 is 0 Å². The molecule has 2 aliphatic rings. The smallest absolute Gasteiger partial charge is 0.0313 e. The number of pyridine rings is 1. The van der Waals surface area contributed by atoms with E-state index in [-0.39, 0.29) is 0 Å². The minimum absolute atomic E-state index is 0.658. The number of aryl methyl sites for hydroxylation is 1. The van der Waals surface area contributed by atoms with E-state index in [1.807, 2.05) is 12.4 Å². The molecule has 3 atom stereocenters. The molecule has 2 heterocycles. The zero-order valence-electron chi connectivity index (χ0n) is 13.7. The molecule has 3 rings (SSSR count). The zero-order chi connectivity index (χ0) is 14.8. The number of nitrogens with one attached hydrogen (secondary N) is 1. The minimum atomic E-state index is 0.658. The molecule has 1 N–H and O–H groups in total. The van der Waals surface area contributed by atoms with Crippen LogP contribution in [0.2, 0.25) is 0 Å². The second-order valence-electron chi connectivity index (χ2n) is 7.11. The molecule has 0 spiro atoms. The van der Waals surface area contributed by atoms with E-state index in [1.165, 1.54) is 36.9 Å². The molecule has 21 heavy (non-hydrogen) atoms. The van der Waals surface area contributed by atoms with Crippen LogP contribution in [0.4, 0.5) is 0 Å². The first-order valence-corrected chi connectivity index (χ1v) is 8.55. The van der Waals surface area contributed by atoms with Crippen LogP contribution in [0.5, 0.6) is 0 Å². The van der Waals surface area contributed by atoms with Gasteiger partial charge in [-0.15, -0.1) is 0 Å². The molecule has 0 amide bonds. The van der Waals surface area contributed by atoms with E-state index < -0.39 is 0 Å². The monoisotopic (exact) mass is 287 g/mol. The number of piperazine rings is 1. The number of hydrogen-bond donors (Lipinski definition) is 1. The first-order chi connectivity index (χ1) is 10.2. The molecule has 3 heteroatoms. The van der Waals surface area contributed by atoms with E-state index in [0.29, 0.717) is 12.1 Å². The van der Waals surface area contributed by atoms with Crippen molar-refractivity contribution in [2.75, 3.05) is 13.1 Å². The molecule has 1 saturated carbocycles. The van der Waals surface area contributed by atoms with Crippen LogP contribution in [0, 0.1) is 18.8 Å². The highest BCUT2D eigenvalue weighted by Crippen LogP contribution is 2.35. The van der Waals surface area contributed by atoms with Crippen molar-refractivity contribution in [3.8, 4) is 0 Å². The summed E-state index contributed by atoms with van der Waals surface area (Å²) in [6.45, 7) is 10.2. The third-order valence-corrected chi connectivity index (χ3v) is 5.30. The maximum atomic E-state index is 4.36. The lowest BCUT2D eigenvalue weighted by Gasteiger charge is -2.43. The van der Waals surface area contributed by atoms with Crippen molar-refractivity contribution < 1.29 is 0 Å². The summed E-state index contributed by atoms with van der Waals surface area (Å²) >= 11 is 0. The fourth-order valence-corrected chi connectivity index (χ4v) is 3.62. The molecule has 0 aromatic carbocycles. The van der Waals surface area contributed by atoms with Gasteiger partial charge in [-0.2, -0.15) is 0 Å². The molecule has 1 aliphatic heterocycles. The molecule has 116 valence electrons. The lowest BCUT2D eigenvalue weighted by Crippen LogP contribution is -2.58. The number of nitrogens with zero attached hydrogens (tertiary/aromatic N) is 2. The van der Waals surface area contributed by atoms with Crippen molar-refractivity contribution in [3.63, 3.8) is 0 Å². The van der Waals surface area contributed by atoms with Gasteiger partial charge < -0.3 is 5.32 Å². The van der Waals surface area contributed by atoms with Gasteiger partial charge in [-0.05, 0) is 42.7 Å². The van der Waals surface area contributed by atoms with Crippen LogP contribution in [0.3, 0.4) is 0 Å². The summed E-state index contributed by atoms with van der Waals surface area (Å²) in [5, 5.41) is 3.82. The lowest BCUT2D eigenvalue weighted by atomic mass is 9.93. The Labute approximate surface area is 129 Å². The van der Waals surface area contributed by atoms with E-state index in [0.717, 1.165) is 24.9 Å². The Bertz CT molecular complexity index is 469. The molecule has 3 unspecified atom stereocenters. The predicted molar refractivity (Wildman–Crippen MR) is 87.1 cm³/mol. The Balaban J connectivity index is 1.72. The first-order valence-electron chi connectivity index (χ1n) is 8.55. The number of hydrogen-bond acceptors (Lipinski definition) is 3. The van der Waals surface area contributed by atoms with Gasteiger partial charge in [-0.25, -0.2) is 0 Å². The highest BCUT2D eigenvalue weighted by Gasteiger charge is 2.38. The second-order valence-corrected chi connectivity index (χ2v) is 7.11. The summed E-state index contributed by atoms with van der Waals surface area (Å²) in [6, 6.07) is 3.66. The van der Waals surface area contributed by atoms with Crippen LogP contribution in [0.15, 0.2) is 18.5 Å². The van der Waals surface area contributed by atoms with Gasteiger partial charge in [0, 0.05) is 44.1 Å². The van der Waals surface area contributed by atoms with Crippen molar-refractivity contribution in [2.45, 2.75) is 58.7 Å². The van der Waals surface area contributed by atoms with Crippen LogP contribution in [0.25, 0.3) is 0 Å². The molecule has 0 radical (unpaired) electrons. The van der Waals surface area contributed by atoms with Crippen LogP contribution in [-0.2, 0) is 6.54 Å². The van der Waals surface area contributed by atoms with E-state index in [1.54, 1.807) is 0 Å². The molecular formula is C18H29N3. The summed E-state index contributed by atoms with van der Waals surface area (Å²) in [5.74, 6) is 1.68. The maximum absolute atomic E-state index is 4.36. The van der Waals surface area contributed by atoms with E-state index in [4.69, 9.17) is 0 Å². The molecule has 1 saturated heterocycles. The normalized spacial score (nSPS) is 28.5. The van der Waals surface area contributed by atoms with Gasteiger partial charge in [0.05, 0.1) is 0 Å². The highest BCUT2D eigenvalue weighted by molar-refractivity contribution is 5.17. The SMILES string of the molecule is CCC(C)C1CNC(C2CC2)CN1Cc1cncc(C)c1. The van der Waals surface area contributed by atoms with E-state index in [2.05, 4.69) is 42.0 Å². The molecule has 0 bridgehead atoms. The summed E-state index contributed by atoms with van der Waals surface area (Å²) in [6.07, 6.45) is 8.08. The molecule has 1 aliphatic carbocycles.